The van der Waals surface area contributed by atoms with E-state index in [1.165, 1.54) is 0 Å². The molecule has 5 nitrogen and oxygen atoms in total. The van der Waals surface area contributed by atoms with Crippen molar-refractivity contribution in [2.75, 3.05) is 6.54 Å². The smallest absolute Gasteiger partial charge is 0.299 e. The monoisotopic (exact) mass is 228 g/mol. The molecule has 16 heavy (non-hydrogen) atoms. The Kier molecular flexibility index (Phi) is 5.30. The molecule has 1 amide bonds. The van der Waals surface area contributed by atoms with Crippen molar-refractivity contribution in [2.24, 2.45) is 11.3 Å². The van der Waals surface area contributed by atoms with Crippen molar-refractivity contribution >= 4 is 17.5 Å². The van der Waals surface area contributed by atoms with Crippen LogP contribution in [0.4, 0.5) is 0 Å². The number of carbonyl (C=O) groups is 3. The number of amides is 1. The van der Waals surface area contributed by atoms with Crippen molar-refractivity contribution in [1.29, 1.82) is 0 Å². The maximum atomic E-state index is 11.5. The maximum absolute atomic E-state index is 11.5. The van der Waals surface area contributed by atoms with Crippen LogP contribution in [-0.2, 0) is 14.4 Å². The first-order valence-corrected chi connectivity index (χ1v) is 5.28. The third-order valence-corrected chi connectivity index (χ3v) is 1.93. The van der Waals surface area contributed by atoms with Gasteiger partial charge in [0, 0.05) is 13.0 Å². The van der Waals surface area contributed by atoms with Crippen molar-refractivity contribution in [2.45, 2.75) is 40.5 Å². The summed E-state index contributed by atoms with van der Waals surface area (Å²) in [5, 5.41) is 0.812. The van der Waals surface area contributed by atoms with E-state index in [9.17, 15) is 14.4 Å². The fourth-order valence-electron chi connectivity index (χ4n) is 1.21. The van der Waals surface area contributed by atoms with E-state index in [4.69, 9.17) is 5.84 Å². The van der Waals surface area contributed by atoms with Gasteiger partial charge in [0.2, 0.25) is 5.78 Å². The number of rotatable bonds is 5. The van der Waals surface area contributed by atoms with E-state index in [0.29, 0.717) is 0 Å². The molecular formula is C11H20N2O3. The molecule has 0 heterocycles. The number of nitrogens with zero attached hydrogens (tertiary/aromatic N) is 1. The second-order valence-electron chi connectivity index (χ2n) is 4.97. The number of nitrogens with two attached hydrogens (primary N) is 1. The van der Waals surface area contributed by atoms with Gasteiger partial charge >= 0.3 is 5.91 Å². The first-order chi connectivity index (χ1) is 7.17. The second-order valence-corrected chi connectivity index (χ2v) is 4.97. The normalized spacial score (nSPS) is 11.1. The Morgan fingerprint density at radius 1 is 1.19 bits per heavy atom. The predicted octanol–water partition coefficient (Wildman–Crippen LogP) is 0.673. The lowest BCUT2D eigenvalue weighted by Crippen LogP contribution is -2.42. The van der Waals surface area contributed by atoms with Gasteiger partial charge in [-0.15, -0.1) is 0 Å². The maximum Gasteiger partial charge on any atom is 0.304 e. The van der Waals surface area contributed by atoms with Crippen LogP contribution < -0.4 is 5.84 Å². The zero-order valence-electron chi connectivity index (χ0n) is 10.4. The van der Waals surface area contributed by atoms with Gasteiger partial charge in [0.1, 0.15) is 5.78 Å². The molecule has 0 aliphatic heterocycles. The summed E-state index contributed by atoms with van der Waals surface area (Å²) in [7, 11) is 0. The first kappa shape index (κ1) is 14.8. The largest absolute Gasteiger partial charge is 0.304 e. The van der Waals surface area contributed by atoms with Crippen LogP contribution in [0.2, 0.25) is 0 Å². The van der Waals surface area contributed by atoms with Crippen molar-refractivity contribution in [1.82, 2.24) is 5.01 Å². The minimum absolute atomic E-state index is 0.173. The average Bonchev–Trinajstić information content (AvgIpc) is 2.12. The Morgan fingerprint density at radius 2 is 1.69 bits per heavy atom. The Hall–Kier alpha value is -1.23. The summed E-state index contributed by atoms with van der Waals surface area (Å²) in [4.78, 5) is 34.1. The highest BCUT2D eigenvalue weighted by Gasteiger charge is 2.23. The lowest BCUT2D eigenvalue weighted by atomic mass is 9.88. The van der Waals surface area contributed by atoms with Gasteiger partial charge in [-0.2, -0.15) is 0 Å². The summed E-state index contributed by atoms with van der Waals surface area (Å²) in [5.41, 5.74) is -0.173. The van der Waals surface area contributed by atoms with Gasteiger partial charge in [-0.05, 0) is 12.3 Å². The van der Waals surface area contributed by atoms with E-state index in [0.717, 1.165) is 5.01 Å². The minimum Gasteiger partial charge on any atom is -0.299 e. The zero-order valence-corrected chi connectivity index (χ0v) is 10.4. The standard InChI is InChI=1S/C11H20N2O3/c1-5-13(12)10(16)9(15)6-8(14)7-11(2,3)4/h5-7,12H2,1-4H3. The highest BCUT2D eigenvalue weighted by molar-refractivity contribution is 6.39. The molecule has 0 aliphatic carbocycles. The highest BCUT2D eigenvalue weighted by atomic mass is 16.2. The highest BCUT2D eigenvalue weighted by Crippen LogP contribution is 2.19. The summed E-state index contributed by atoms with van der Waals surface area (Å²) in [6.45, 7) is 7.61. The molecule has 0 saturated heterocycles. The number of ketones is 2. The Balaban J connectivity index is 4.26. The lowest BCUT2D eigenvalue weighted by molar-refractivity contribution is -0.146. The van der Waals surface area contributed by atoms with E-state index >= 15 is 0 Å². The van der Waals surface area contributed by atoms with Crippen LogP contribution in [-0.4, -0.2) is 29.0 Å². The van der Waals surface area contributed by atoms with Crippen molar-refractivity contribution in [3.8, 4) is 0 Å². The number of likely N-dealkylation sites (N-methyl/N-ethyl adjacent to an activating group) is 1. The number of hydrogen-bond acceptors (Lipinski definition) is 4. The molecule has 0 aliphatic rings. The van der Waals surface area contributed by atoms with Gasteiger partial charge in [-0.25, -0.2) is 5.84 Å². The molecule has 0 rings (SSSR count). The number of hydrogen-bond donors (Lipinski definition) is 1. The summed E-state index contributed by atoms with van der Waals surface area (Å²) in [5.74, 6) is 3.51. The third-order valence-electron chi connectivity index (χ3n) is 1.93. The first-order valence-electron chi connectivity index (χ1n) is 5.28. The van der Waals surface area contributed by atoms with Crippen molar-refractivity contribution < 1.29 is 14.4 Å². The van der Waals surface area contributed by atoms with Gasteiger partial charge < -0.3 is 0 Å². The van der Waals surface area contributed by atoms with Gasteiger partial charge in [-0.3, -0.25) is 19.4 Å². The molecule has 0 saturated carbocycles. The predicted molar refractivity (Wildman–Crippen MR) is 60.3 cm³/mol. The van der Waals surface area contributed by atoms with Crippen molar-refractivity contribution in [3.05, 3.63) is 0 Å². The van der Waals surface area contributed by atoms with Crippen molar-refractivity contribution in [3.63, 3.8) is 0 Å². The van der Waals surface area contributed by atoms with Gasteiger partial charge in [0.05, 0.1) is 6.42 Å². The molecule has 0 atom stereocenters. The van der Waals surface area contributed by atoms with Crippen LogP contribution in [0.15, 0.2) is 0 Å². The fourth-order valence-corrected chi connectivity index (χ4v) is 1.21. The summed E-state index contributed by atoms with van der Waals surface area (Å²) in [6.07, 6.45) is -0.0769. The molecule has 0 fully saturated rings. The fraction of sp³-hybridized carbons (Fsp3) is 0.727. The number of Topliss-reactive ketones (excluding diaryl/α,β-unsaturated/α-hetero) is 2. The molecule has 0 aromatic carbocycles. The SMILES string of the molecule is CCN(N)C(=O)C(=O)CC(=O)CC(C)(C)C. The molecule has 0 aromatic heterocycles. The molecule has 0 aromatic rings. The van der Waals surface area contributed by atoms with E-state index in [2.05, 4.69) is 0 Å². The summed E-state index contributed by atoms with van der Waals surface area (Å²) < 4.78 is 0. The molecular weight excluding hydrogens is 208 g/mol. The molecule has 92 valence electrons. The van der Waals surface area contributed by atoms with Crippen LogP contribution in [0.3, 0.4) is 0 Å². The van der Waals surface area contributed by atoms with E-state index < -0.39 is 11.7 Å². The second kappa shape index (κ2) is 5.75. The molecule has 2 N–H and O–H groups in total. The summed E-state index contributed by atoms with van der Waals surface area (Å²) in [6, 6.07) is 0. The van der Waals surface area contributed by atoms with E-state index in [1.807, 2.05) is 20.8 Å². The molecule has 0 bridgehead atoms. The van der Waals surface area contributed by atoms with Crippen LogP contribution in [0.5, 0.6) is 0 Å². The molecule has 0 unspecified atom stereocenters. The topological polar surface area (TPSA) is 80.5 Å². The molecule has 5 heteroatoms. The van der Waals surface area contributed by atoms with Crippen LogP contribution in [0.25, 0.3) is 0 Å². The summed E-state index contributed by atoms with van der Waals surface area (Å²) >= 11 is 0. The Bertz CT molecular complexity index is 292. The van der Waals surface area contributed by atoms with Crippen LogP contribution in [0, 0.1) is 5.41 Å². The molecule has 0 spiro atoms. The van der Waals surface area contributed by atoms with E-state index in [1.54, 1.807) is 6.92 Å². The zero-order chi connectivity index (χ0) is 12.9. The lowest BCUT2D eigenvalue weighted by Gasteiger charge is -2.17. The van der Waals surface area contributed by atoms with E-state index in [-0.39, 0.29) is 30.6 Å². The third kappa shape index (κ3) is 5.60. The molecule has 0 radical (unpaired) electrons. The van der Waals surface area contributed by atoms with Crippen LogP contribution in [0.1, 0.15) is 40.5 Å². The van der Waals surface area contributed by atoms with Crippen LogP contribution >= 0.6 is 0 Å². The van der Waals surface area contributed by atoms with Gasteiger partial charge in [0.15, 0.2) is 0 Å². The number of hydrazine groups is 1. The quantitative estimate of drug-likeness (QED) is 0.246. The van der Waals surface area contributed by atoms with Gasteiger partial charge in [-0.1, -0.05) is 20.8 Å². The van der Waals surface area contributed by atoms with Gasteiger partial charge in [0.25, 0.3) is 0 Å². The Labute approximate surface area is 95.9 Å². The number of carbonyl (C=O) groups excluding carboxylic acids is 3. The minimum atomic E-state index is -0.801. The average molecular weight is 228 g/mol. The Morgan fingerprint density at radius 3 is 2.06 bits per heavy atom.